The van der Waals surface area contributed by atoms with Gasteiger partial charge in [-0.05, 0) is 36.1 Å². The van der Waals surface area contributed by atoms with Gasteiger partial charge in [-0.3, -0.25) is 4.55 Å². The molecule has 0 aliphatic rings. The summed E-state index contributed by atoms with van der Waals surface area (Å²) in [6, 6.07) is 2.52. The van der Waals surface area contributed by atoms with E-state index in [9.17, 15) is 21.4 Å². The lowest BCUT2D eigenvalue weighted by Crippen LogP contribution is -2.10. The van der Waals surface area contributed by atoms with Gasteiger partial charge in [-0.2, -0.15) is 16.8 Å². The van der Waals surface area contributed by atoms with Crippen LogP contribution in [0.15, 0.2) is 17.0 Å². The highest BCUT2D eigenvalue weighted by Gasteiger charge is 2.21. The van der Waals surface area contributed by atoms with Gasteiger partial charge < -0.3 is 4.18 Å². The van der Waals surface area contributed by atoms with Crippen LogP contribution in [-0.2, 0) is 20.2 Å². The third-order valence-corrected chi connectivity index (χ3v) is 3.84. The van der Waals surface area contributed by atoms with E-state index in [-0.39, 0.29) is 16.6 Å². The van der Waals surface area contributed by atoms with Crippen molar-refractivity contribution < 1.29 is 25.6 Å². The molecule has 0 spiro atoms. The van der Waals surface area contributed by atoms with Gasteiger partial charge in [-0.1, -0.05) is 13.8 Å². The molecule has 0 amide bonds. The number of rotatable bonds is 4. The smallest absolute Gasteiger partial charge is 0.306 e. The molecule has 8 heteroatoms. The average molecular weight is 308 g/mol. The monoisotopic (exact) mass is 308 g/mol. The van der Waals surface area contributed by atoms with Crippen molar-refractivity contribution >= 4 is 20.2 Å². The zero-order valence-electron chi connectivity index (χ0n) is 11.0. The van der Waals surface area contributed by atoms with Crippen LogP contribution in [-0.4, -0.2) is 27.6 Å². The van der Waals surface area contributed by atoms with Crippen molar-refractivity contribution in [2.24, 2.45) is 0 Å². The largest absolute Gasteiger partial charge is 0.382 e. The molecular weight excluding hydrogens is 292 g/mol. The molecule has 0 saturated carbocycles. The zero-order chi connectivity index (χ0) is 15.0. The fourth-order valence-electron chi connectivity index (χ4n) is 1.60. The molecule has 0 unspecified atom stereocenters. The lowest BCUT2D eigenvalue weighted by molar-refractivity contribution is 0.480. The quantitative estimate of drug-likeness (QED) is 0.671. The molecule has 108 valence electrons. The maximum Gasteiger partial charge on any atom is 0.306 e. The van der Waals surface area contributed by atoms with Gasteiger partial charge in [-0.25, -0.2) is 0 Å². The summed E-state index contributed by atoms with van der Waals surface area (Å²) in [5, 5.41) is 0. The Morgan fingerprint density at radius 3 is 2.05 bits per heavy atom. The van der Waals surface area contributed by atoms with Gasteiger partial charge in [0, 0.05) is 0 Å². The molecule has 0 atom stereocenters. The first-order valence-corrected chi connectivity index (χ1v) is 8.69. The summed E-state index contributed by atoms with van der Waals surface area (Å²) in [5.74, 6) is -0.168. The van der Waals surface area contributed by atoms with E-state index in [1.54, 1.807) is 13.8 Å². The van der Waals surface area contributed by atoms with Crippen LogP contribution < -0.4 is 4.18 Å². The van der Waals surface area contributed by atoms with E-state index < -0.39 is 20.2 Å². The van der Waals surface area contributed by atoms with Crippen molar-refractivity contribution in [3.05, 3.63) is 23.3 Å². The minimum atomic E-state index is -4.37. The van der Waals surface area contributed by atoms with Crippen molar-refractivity contribution in [3.8, 4) is 5.75 Å². The van der Waals surface area contributed by atoms with Crippen LogP contribution in [0.2, 0.25) is 0 Å². The minimum Gasteiger partial charge on any atom is -0.382 e. The van der Waals surface area contributed by atoms with Gasteiger partial charge in [0.05, 0.1) is 11.2 Å². The molecule has 0 aliphatic heterocycles. The molecule has 0 aliphatic carbocycles. The molecule has 0 saturated heterocycles. The predicted octanol–water partition coefficient (Wildman–Crippen LogP) is 1.70. The summed E-state index contributed by atoms with van der Waals surface area (Å²) in [4.78, 5) is -0.235. The Bertz CT molecular complexity index is 686. The fourth-order valence-corrected chi connectivity index (χ4v) is 3.03. The first-order valence-electron chi connectivity index (χ1n) is 5.43. The molecule has 1 aromatic rings. The second kappa shape index (κ2) is 5.10. The molecule has 1 N–H and O–H groups in total. The van der Waals surface area contributed by atoms with E-state index in [2.05, 4.69) is 0 Å². The topological polar surface area (TPSA) is 97.7 Å². The highest BCUT2D eigenvalue weighted by atomic mass is 32.2. The summed E-state index contributed by atoms with van der Waals surface area (Å²) in [6.45, 7) is 4.95. The Balaban J connectivity index is 3.55. The Morgan fingerprint density at radius 1 is 1.16 bits per heavy atom. The molecule has 0 radical (unpaired) electrons. The minimum absolute atomic E-state index is 0.0543. The van der Waals surface area contributed by atoms with Crippen LogP contribution in [0.1, 0.15) is 30.9 Å². The van der Waals surface area contributed by atoms with E-state index in [0.29, 0.717) is 11.1 Å². The Labute approximate surface area is 113 Å². The van der Waals surface area contributed by atoms with E-state index in [0.717, 1.165) is 6.26 Å². The van der Waals surface area contributed by atoms with Gasteiger partial charge in [-0.15, -0.1) is 0 Å². The van der Waals surface area contributed by atoms with Crippen LogP contribution in [0.5, 0.6) is 5.75 Å². The maximum absolute atomic E-state index is 11.3. The highest BCUT2D eigenvalue weighted by Crippen LogP contribution is 2.31. The highest BCUT2D eigenvalue weighted by molar-refractivity contribution is 7.86. The predicted molar refractivity (Wildman–Crippen MR) is 70.6 cm³/mol. The van der Waals surface area contributed by atoms with E-state index >= 15 is 0 Å². The van der Waals surface area contributed by atoms with Gasteiger partial charge in [0.25, 0.3) is 10.1 Å². The average Bonchev–Trinajstić information content (AvgIpc) is 2.16. The van der Waals surface area contributed by atoms with E-state index in [1.807, 2.05) is 0 Å². The van der Waals surface area contributed by atoms with Crippen molar-refractivity contribution in [1.82, 2.24) is 0 Å². The van der Waals surface area contributed by atoms with Crippen molar-refractivity contribution in [2.75, 3.05) is 6.26 Å². The van der Waals surface area contributed by atoms with Gasteiger partial charge in [0.1, 0.15) is 5.75 Å². The van der Waals surface area contributed by atoms with Crippen molar-refractivity contribution in [2.45, 2.75) is 31.6 Å². The molecule has 0 bridgehead atoms. The maximum atomic E-state index is 11.3. The lowest BCUT2D eigenvalue weighted by Gasteiger charge is -2.15. The van der Waals surface area contributed by atoms with E-state index in [4.69, 9.17) is 4.18 Å². The van der Waals surface area contributed by atoms with Crippen LogP contribution in [0.4, 0.5) is 0 Å². The van der Waals surface area contributed by atoms with Crippen molar-refractivity contribution in [3.63, 3.8) is 0 Å². The fraction of sp³-hybridized carbons (Fsp3) is 0.455. The normalized spacial score (nSPS) is 12.7. The van der Waals surface area contributed by atoms with Crippen LogP contribution in [0.25, 0.3) is 0 Å². The van der Waals surface area contributed by atoms with Crippen LogP contribution >= 0.6 is 0 Å². The Morgan fingerprint density at radius 2 is 1.68 bits per heavy atom. The molecule has 0 fully saturated rings. The summed E-state index contributed by atoms with van der Waals surface area (Å²) < 4.78 is 58.8. The summed E-state index contributed by atoms with van der Waals surface area (Å²) in [5.41, 5.74) is 0.606. The summed E-state index contributed by atoms with van der Waals surface area (Å²) >= 11 is 0. The first kappa shape index (κ1) is 15.9. The second-order valence-corrected chi connectivity index (χ2v) is 7.54. The van der Waals surface area contributed by atoms with Crippen LogP contribution in [0, 0.1) is 6.92 Å². The molecule has 0 aromatic heterocycles. The third-order valence-electron chi connectivity index (χ3n) is 2.45. The summed E-state index contributed by atoms with van der Waals surface area (Å²) in [7, 11) is -8.07. The standard InChI is InChI=1S/C11H16O6S2/c1-7(2)9-6-10(17-18(4,12)13)8(3)5-11(9)19(14,15)16/h5-7H,1-4H3,(H,14,15,16). The van der Waals surface area contributed by atoms with Gasteiger partial charge in [0.15, 0.2) is 0 Å². The molecule has 0 heterocycles. The zero-order valence-corrected chi connectivity index (χ0v) is 12.7. The lowest BCUT2D eigenvalue weighted by atomic mass is 10.0. The molecule has 19 heavy (non-hydrogen) atoms. The molecule has 1 aromatic carbocycles. The second-order valence-electron chi connectivity index (χ2n) is 4.57. The van der Waals surface area contributed by atoms with Crippen molar-refractivity contribution in [1.29, 1.82) is 0 Å². The molecular formula is C11H16O6S2. The SMILES string of the molecule is Cc1cc(S(=O)(=O)O)c(C(C)C)cc1OS(C)(=O)=O. The number of aryl methyl sites for hydroxylation is 1. The number of hydrogen-bond donors (Lipinski definition) is 1. The van der Waals surface area contributed by atoms with Gasteiger partial charge >= 0.3 is 10.1 Å². The summed E-state index contributed by atoms with van der Waals surface area (Å²) in [6.07, 6.45) is 0.901. The third kappa shape index (κ3) is 4.19. The number of benzene rings is 1. The molecule has 6 nitrogen and oxygen atoms in total. The number of hydrogen-bond acceptors (Lipinski definition) is 5. The van der Waals surface area contributed by atoms with E-state index in [1.165, 1.54) is 19.1 Å². The van der Waals surface area contributed by atoms with Gasteiger partial charge in [0.2, 0.25) is 0 Å². The Kier molecular flexibility index (Phi) is 4.28. The first-order chi connectivity index (χ1) is 8.42. The Hall–Kier alpha value is -1.12. The van der Waals surface area contributed by atoms with Crippen LogP contribution in [0.3, 0.4) is 0 Å². The molecule has 1 rings (SSSR count).